The molecule has 1 unspecified atom stereocenters. The lowest BCUT2D eigenvalue weighted by molar-refractivity contribution is -0.122. The van der Waals surface area contributed by atoms with Gasteiger partial charge in [-0.2, -0.15) is 5.10 Å². The lowest BCUT2D eigenvalue weighted by Crippen LogP contribution is -2.31. The molecule has 0 fully saturated rings. The number of carbonyl (C=O) groups is 1. The number of hydrogen-bond acceptors (Lipinski definition) is 4. The zero-order chi connectivity index (χ0) is 16.9. The fraction of sp³-hybridized carbons (Fsp3) is 0.176. The predicted molar refractivity (Wildman–Crippen MR) is 85.2 cm³/mol. The molecule has 0 radical (unpaired) electrons. The maximum atomic E-state index is 13.6. The minimum absolute atomic E-state index is 0.0317. The molecule has 124 valence electrons. The van der Waals surface area contributed by atoms with Crippen molar-refractivity contribution in [3.05, 3.63) is 66.5 Å². The van der Waals surface area contributed by atoms with Crippen LogP contribution in [0.1, 0.15) is 12.7 Å². The Balaban J connectivity index is 1.64. The Hall–Kier alpha value is -3.09. The summed E-state index contributed by atoms with van der Waals surface area (Å²) in [5.41, 5.74) is 0. The number of aromatic nitrogens is 2. The van der Waals surface area contributed by atoms with Crippen molar-refractivity contribution in [1.82, 2.24) is 9.78 Å². The SMILES string of the molecule is CC(Oc1ccccc1F)C(=O)Nc1ccnn1Cc1ccco1. The normalized spacial score (nSPS) is 11.9. The van der Waals surface area contributed by atoms with Gasteiger partial charge in [0.15, 0.2) is 17.7 Å². The van der Waals surface area contributed by atoms with E-state index >= 15 is 0 Å². The molecule has 3 rings (SSSR count). The van der Waals surface area contributed by atoms with Gasteiger partial charge in [0.25, 0.3) is 5.91 Å². The van der Waals surface area contributed by atoms with Crippen LogP contribution in [0.2, 0.25) is 0 Å². The average molecular weight is 329 g/mol. The van der Waals surface area contributed by atoms with Gasteiger partial charge in [-0.1, -0.05) is 12.1 Å². The third-order valence-electron chi connectivity index (χ3n) is 3.36. The van der Waals surface area contributed by atoms with Crippen molar-refractivity contribution in [2.75, 3.05) is 5.32 Å². The summed E-state index contributed by atoms with van der Waals surface area (Å²) in [6.45, 7) is 1.94. The highest BCUT2D eigenvalue weighted by molar-refractivity contribution is 5.93. The van der Waals surface area contributed by atoms with Crippen LogP contribution in [0.3, 0.4) is 0 Å². The first kappa shape index (κ1) is 15.8. The fourth-order valence-corrected chi connectivity index (χ4v) is 2.13. The van der Waals surface area contributed by atoms with Gasteiger partial charge >= 0.3 is 0 Å². The Morgan fingerprint density at radius 2 is 2.17 bits per heavy atom. The van der Waals surface area contributed by atoms with Gasteiger partial charge in [0, 0.05) is 6.07 Å². The first-order valence-corrected chi connectivity index (χ1v) is 7.40. The summed E-state index contributed by atoms with van der Waals surface area (Å²) in [6, 6.07) is 11.2. The van der Waals surface area contributed by atoms with E-state index < -0.39 is 17.8 Å². The summed E-state index contributed by atoms with van der Waals surface area (Å²) in [6.07, 6.45) is 2.27. The first-order valence-electron chi connectivity index (χ1n) is 7.40. The summed E-state index contributed by atoms with van der Waals surface area (Å²) in [5.74, 6) is 0.328. The molecular formula is C17H16FN3O3. The van der Waals surface area contributed by atoms with Crippen LogP contribution >= 0.6 is 0 Å². The van der Waals surface area contributed by atoms with Crippen molar-refractivity contribution in [3.63, 3.8) is 0 Å². The largest absolute Gasteiger partial charge is 0.478 e. The third-order valence-corrected chi connectivity index (χ3v) is 3.36. The second-order valence-corrected chi connectivity index (χ2v) is 5.13. The number of benzene rings is 1. The lowest BCUT2D eigenvalue weighted by atomic mass is 10.3. The minimum atomic E-state index is -0.867. The molecule has 0 aliphatic heterocycles. The number of nitrogens with zero attached hydrogens (tertiary/aromatic N) is 2. The van der Waals surface area contributed by atoms with E-state index in [1.807, 2.05) is 6.07 Å². The Bertz CT molecular complexity index is 814. The number of para-hydroxylation sites is 1. The number of halogens is 1. The summed E-state index contributed by atoms with van der Waals surface area (Å²) in [7, 11) is 0. The van der Waals surface area contributed by atoms with Crippen molar-refractivity contribution in [3.8, 4) is 5.75 Å². The lowest BCUT2D eigenvalue weighted by Gasteiger charge is -2.15. The Kier molecular flexibility index (Phi) is 4.60. The van der Waals surface area contributed by atoms with E-state index in [0.717, 1.165) is 0 Å². The van der Waals surface area contributed by atoms with E-state index in [2.05, 4.69) is 10.4 Å². The monoisotopic (exact) mass is 329 g/mol. The van der Waals surface area contributed by atoms with E-state index in [1.54, 1.807) is 48.3 Å². The molecule has 0 saturated heterocycles. The van der Waals surface area contributed by atoms with Crippen molar-refractivity contribution in [2.24, 2.45) is 0 Å². The Labute approximate surface area is 137 Å². The van der Waals surface area contributed by atoms with Crippen LogP contribution in [0.4, 0.5) is 10.2 Å². The van der Waals surface area contributed by atoms with E-state index in [-0.39, 0.29) is 5.75 Å². The third kappa shape index (κ3) is 3.62. The number of anilines is 1. The van der Waals surface area contributed by atoms with Gasteiger partial charge in [-0.3, -0.25) is 4.79 Å². The maximum absolute atomic E-state index is 13.6. The van der Waals surface area contributed by atoms with Crippen LogP contribution in [0.25, 0.3) is 0 Å². The molecule has 0 saturated carbocycles. The molecule has 1 atom stereocenters. The molecular weight excluding hydrogens is 313 g/mol. The highest BCUT2D eigenvalue weighted by Crippen LogP contribution is 2.18. The molecule has 24 heavy (non-hydrogen) atoms. The van der Waals surface area contributed by atoms with Crippen molar-refractivity contribution in [1.29, 1.82) is 0 Å². The minimum Gasteiger partial charge on any atom is -0.478 e. The number of furan rings is 1. The molecule has 6 nitrogen and oxygen atoms in total. The molecule has 1 amide bonds. The standard InChI is InChI=1S/C17H16FN3O3/c1-12(24-15-7-3-2-6-14(15)18)17(22)20-16-8-9-19-21(16)11-13-5-4-10-23-13/h2-10,12H,11H2,1H3,(H,20,22). The molecule has 0 aliphatic carbocycles. The quantitative estimate of drug-likeness (QED) is 0.754. The van der Waals surface area contributed by atoms with Gasteiger partial charge in [0.1, 0.15) is 18.1 Å². The summed E-state index contributed by atoms with van der Waals surface area (Å²) in [4.78, 5) is 12.3. The molecule has 0 spiro atoms. The van der Waals surface area contributed by atoms with Gasteiger partial charge in [0.2, 0.25) is 0 Å². The van der Waals surface area contributed by atoms with E-state index in [1.165, 1.54) is 12.1 Å². The second-order valence-electron chi connectivity index (χ2n) is 5.13. The molecule has 1 aromatic carbocycles. The van der Waals surface area contributed by atoms with Gasteiger partial charge in [-0.05, 0) is 31.2 Å². The van der Waals surface area contributed by atoms with Gasteiger partial charge in [-0.25, -0.2) is 9.07 Å². The van der Waals surface area contributed by atoms with Gasteiger partial charge < -0.3 is 14.5 Å². The number of rotatable bonds is 6. The number of hydrogen-bond donors (Lipinski definition) is 1. The van der Waals surface area contributed by atoms with Crippen LogP contribution in [0.5, 0.6) is 5.75 Å². The van der Waals surface area contributed by atoms with E-state index in [4.69, 9.17) is 9.15 Å². The zero-order valence-corrected chi connectivity index (χ0v) is 13.0. The first-order chi connectivity index (χ1) is 11.6. The van der Waals surface area contributed by atoms with Crippen LogP contribution in [0, 0.1) is 5.82 Å². The molecule has 2 heterocycles. The zero-order valence-electron chi connectivity index (χ0n) is 13.0. The highest BCUT2D eigenvalue weighted by atomic mass is 19.1. The summed E-state index contributed by atoms with van der Waals surface area (Å²) in [5, 5.41) is 6.86. The van der Waals surface area contributed by atoms with Crippen molar-refractivity contribution >= 4 is 11.7 Å². The molecule has 0 aliphatic rings. The Morgan fingerprint density at radius 1 is 1.33 bits per heavy atom. The molecule has 1 N–H and O–H groups in total. The van der Waals surface area contributed by atoms with Crippen LogP contribution in [-0.2, 0) is 11.3 Å². The van der Waals surface area contributed by atoms with Crippen molar-refractivity contribution in [2.45, 2.75) is 19.6 Å². The fourth-order valence-electron chi connectivity index (χ4n) is 2.13. The molecule has 7 heteroatoms. The van der Waals surface area contributed by atoms with Gasteiger partial charge in [0.05, 0.1) is 12.5 Å². The number of nitrogens with one attached hydrogen (secondary N) is 1. The predicted octanol–water partition coefficient (Wildman–Crippen LogP) is 3.07. The molecule has 0 bridgehead atoms. The topological polar surface area (TPSA) is 69.3 Å². The van der Waals surface area contributed by atoms with Gasteiger partial charge in [-0.15, -0.1) is 0 Å². The second kappa shape index (κ2) is 6.99. The van der Waals surface area contributed by atoms with Crippen LogP contribution in [-0.4, -0.2) is 21.8 Å². The number of carbonyl (C=O) groups excluding carboxylic acids is 1. The summed E-state index contributed by atoms with van der Waals surface area (Å²) < 4.78 is 25.8. The van der Waals surface area contributed by atoms with E-state index in [0.29, 0.717) is 18.1 Å². The molecule has 2 aromatic heterocycles. The summed E-state index contributed by atoms with van der Waals surface area (Å²) >= 11 is 0. The van der Waals surface area contributed by atoms with Crippen LogP contribution < -0.4 is 10.1 Å². The average Bonchev–Trinajstić information content (AvgIpc) is 3.22. The number of ether oxygens (including phenoxy) is 1. The maximum Gasteiger partial charge on any atom is 0.266 e. The van der Waals surface area contributed by atoms with Crippen LogP contribution in [0.15, 0.2) is 59.3 Å². The van der Waals surface area contributed by atoms with E-state index in [9.17, 15) is 9.18 Å². The Morgan fingerprint density at radius 3 is 2.92 bits per heavy atom. The molecule has 3 aromatic rings. The smallest absolute Gasteiger partial charge is 0.266 e. The van der Waals surface area contributed by atoms with Crippen molar-refractivity contribution < 1.29 is 18.3 Å². The highest BCUT2D eigenvalue weighted by Gasteiger charge is 2.18. The number of amides is 1.